The highest BCUT2D eigenvalue weighted by molar-refractivity contribution is 5.59. The number of hydrogen-bond donors (Lipinski definition) is 3. The number of hydrogen-bond acceptors (Lipinski definition) is 6. The summed E-state index contributed by atoms with van der Waals surface area (Å²) in [5.41, 5.74) is 4.11. The first-order valence-corrected chi connectivity index (χ1v) is 4.16. The lowest BCUT2D eigenvalue weighted by atomic mass is 10.1. The highest BCUT2D eigenvalue weighted by Crippen LogP contribution is 2.50. The smallest absolute Gasteiger partial charge is 0.450 e. The van der Waals surface area contributed by atoms with E-state index in [0.717, 1.165) is 0 Å². The maximum atomic E-state index is 10.3. The molecule has 2 fully saturated rings. The third kappa shape index (κ3) is 1.57. The van der Waals surface area contributed by atoms with Gasteiger partial charge in [-0.15, -0.1) is 0 Å². The van der Waals surface area contributed by atoms with E-state index in [1.54, 1.807) is 0 Å². The van der Waals surface area contributed by atoms with Crippen molar-refractivity contribution in [2.24, 2.45) is 11.7 Å². The molecule has 1 saturated heterocycles. The van der Waals surface area contributed by atoms with E-state index in [2.05, 4.69) is 9.47 Å². The van der Waals surface area contributed by atoms with Gasteiger partial charge in [-0.25, -0.2) is 9.59 Å². The zero-order valence-electron chi connectivity index (χ0n) is 7.45. The van der Waals surface area contributed by atoms with E-state index in [0.29, 0.717) is 0 Å². The Morgan fingerprint density at radius 1 is 1.40 bits per heavy atom. The molecule has 0 amide bonds. The van der Waals surface area contributed by atoms with Gasteiger partial charge in [0, 0.05) is 0 Å². The second-order valence-electron chi connectivity index (χ2n) is 3.47. The molecule has 2 rings (SSSR count). The molecule has 1 heterocycles. The molecule has 0 aromatic rings. The standard InChI is InChI=1S/C7H9NO7/c8-7(15-6(11)12)1-13-3-2(7)4(3)14-5(9)10/h2-4H,1,8H2,(H,9,10)(H,11,12)/t2-,3+,4+,7-/m0/s1. The molecule has 0 spiro atoms. The number of rotatable bonds is 2. The van der Waals surface area contributed by atoms with E-state index < -0.39 is 36.2 Å². The minimum Gasteiger partial charge on any atom is -0.450 e. The summed E-state index contributed by atoms with van der Waals surface area (Å²) in [7, 11) is 0. The van der Waals surface area contributed by atoms with Crippen molar-refractivity contribution in [2.75, 3.05) is 6.61 Å². The van der Waals surface area contributed by atoms with Crippen molar-refractivity contribution in [1.82, 2.24) is 0 Å². The van der Waals surface area contributed by atoms with Gasteiger partial charge in [0.15, 0.2) is 5.72 Å². The van der Waals surface area contributed by atoms with Crippen LogP contribution in [-0.2, 0) is 14.2 Å². The molecule has 4 N–H and O–H groups in total. The Labute approximate surface area is 83.5 Å². The number of ether oxygens (including phenoxy) is 3. The maximum absolute atomic E-state index is 10.3. The van der Waals surface area contributed by atoms with Crippen LogP contribution in [0.2, 0.25) is 0 Å². The number of carboxylic acid groups (broad SMARTS) is 2. The fourth-order valence-corrected chi connectivity index (χ4v) is 1.85. The number of fused-ring (bicyclic) bond motifs is 1. The van der Waals surface area contributed by atoms with Crippen LogP contribution in [0.15, 0.2) is 0 Å². The summed E-state index contributed by atoms with van der Waals surface area (Å²) in [6, 6.07) is 0. The van der Waals surface area contributed by atoms with Gasteiger partial charge in [-0.1, -0.05) is 0 Å². The summed E-state index contributed by atoms with van der Waals surface area (Å²) < 4.78 is 14.0. The van der Waals surface area contributed by atoms with Crippen molar-refractivity contribution >= 4 is 12.3 Å². The average molecular weight is 219 g/mol. The molecule has 1 saturated carbocycles. The van der Waals surface area contributed by atoms with Crippen molar-refractivity contribution in [3.63, 3.8) is 0 Å². The Bertz CT molecular complexity index is 318. The van der Waals surface area contributed by atoms with Crippen LogP contribution in [0.4, 0.5) is 9.59 Å². The van der Waals surface area contributed by atoms with Crippen LogP contribution in [0.25, 0.3) is 0 Å². The van der Waals surface area contributed by atoms with Crippen molar-refractivity contribution < 1.29 is 34.0 Å². The van der Waals surface area contributed by atoms with E-state index in [1.807, 2.05) is 0 Å². The van der Waals surface area contributed by atoms with Crippen LogP contribution in [0.5, 0.6) is 0 Å². The van der Waals surface area contributed by atoms with Gasteiger partial charge in [0.2, 0.25) is 0 Å². The fraction of sp³-hybridized carbons (Fsp3) is 0.714. The minimum absolute atomic E-state index is 0.0892. The van der Waals surface area contributed by atoms with Crippen LogP contribution in [0, 0.1) is 5.92 Å². The molecule has 0 bridgehead atoms. The first-order chi connectivity index (χ1) is 6.94. The summed E-state index contributed by atoms with van der Waals surface area (Å²) in [5.74, 6) is -0.551. The first-order valence-electron chi connectivity index (χ1n) is 4.16. The normalized spacial score (nSPS) is 41.8. The van der Waals surface area contributed by atoms with Crippen molar-refractivity contribution in [3.8, 4) is 0 Å². The van der Waals surface area contributed by atoms with Crippen LogP contribution in [0.1, 0.15) is 0 Å². The highest BCUT2D eigenvalue weighted by atomic mass is 16.7. The molecule has 1 aliphatic carbocycles. The Morgan fingerprint density at radius 2 is 2.07 bits per heavy atom. The van der Waals surface area contributed by atoms with Gasteiger partial charge in [0.25, 0.3) is 0 Å². The molecule has 4 atom stereocenters. The predicted octanol–water partition coefficient (Wildman–Crippen LogP) is -0.572. The first kappa shape index (κ1) is 9.99. The van der Waals surface area contributed by atoms with E-state index in [1.165, 1.54) is 0 Å². The van der Waals surface area contributed by atoms with Gasteiger partial charge in [-0.2, -0.15) is 0 Å². The molecule has 15 heavy (non-hydrogen) atoms. The monoisotopic (exact) mass is 219 g/mol. The van der Waals surface area contributed by atoms with E-state index in [4.69, 9.17) is 20.7 Å². The molecule has 84 valence electrons. The molecule has 1 aliphatic heterocycles. The summed E-state index contributed by atoms with van der Waals surface area (Å²) in [4.78, 5) is 20.6. The summed E-state index contributed by atoms with van der Waals surface area (Å²) in [6.45, 7) is -0.0892. The second-order valence-corrected chi connectivity index (χ2v) is 3.47. The third-order valence-electron chi connectivity index (χ3n) is 2.47. The van der Waals surface area contributed by atoms with E-state index in [9.17, 15) is 9.59 Å². The van der Waals surface area contributed by atoms with Gasteiger partial charge in [0.1, 0.15) is 18.8 Å². The fourth-order valence-electron chi connectivity index (χ4n) is 1.85. The minimum atomic E-state index is -1.53. The average Bonchev–Trinajstić information content (AvgIpc) is 2.61. The van der Waals surface area contributed by atoms with Crippen LogP contribution < -0.4 is 5.73 Å². The number of nitrogens with two attached hydrogens (primary N) is 1. The number of carbonyl (C=O) groups is 2. The van der Waals surface area contributed by atoms with Crippen LogP contribution in [-0.4, -0.2) is 47.1 Å². The molecule has 0 unspecified atom stereocenters. The summed E-state index contributed by atoms with van der Waals surface area (Å²) in [5, 5.41) is 16.8. The molecule has 0 aromatic heterocycles. The van der Waals surface area contributed by atoms with Crippen LogP contribution >= 0.6 is 0 Å². The van der Waals surface area contributed by atoms with Crippen molar-refractivity contribution in [2.45, 2.75) is 17.9 Å². The largest absolute Gasteiger partial charge is 0.507 e. The molecule has 8 nitrogen and oxygen atoms in total. The molecule has 0 aromatic carbocycles. The predicted molar refractivity (Wildman–Crippen MR) is 42.2 cm³/mol. The highest BCUT2D eigenvalue weighted by Gasteiger charge is 2.71. The van der Waals surface area contributed by atoms with Gasteiger partial charge >= 0.3 is 12.3 Å². The van der Waals surface area contributed by atoms with E-state index in [-0.39, 0.29) is 6.61 Å². The lowest BCUT2D eigenvalue weighted by Gasteiger charge is -2.23. The molecular weight excluding hydrogens is 210 g/mol. The second kappa shape index (κ2) is 2.97. The Kier molecular flexibility index (Phi) is 1.98. The Balaban J connectivity index is 2.00. The Hall–Kier alpha value is -1.54. The summed E-state index contributed by atoms with van der Waals surface area (Å²) >= 11 is 0. The Morgan fingerprint density at radius 3 is 2.60 bits per heavy atom. The van der Waals surface area contributed by atoms with Crippen molar-refractivity contribution in [3.05, 3.63) is 0 Å². The maximum Gasteiger partial charge on any atom is 0.507 e. The van der Waals surface area contributed by atoms with Gasteiger partial charge < -0.3 is 24.4 Å². The van der Waals surface area contributed by atoms with Crippen LogP contribution in [0.3, 0.4) is 0 Å². The molecule has 2 aliphatic rings. The zero-order valence-corrected chi connectivity index (χ0v) is 7.45. The van der Waals surface area contributed by atoms with Gasteiger partial charge in [-0.05, 0) is 0 Å². The van der Waals surface area contributed by atoms with Gasteiger partial charge in [-0.3, -0.25) is 5.73 Å². The summed E-state index contributed by atoms with van der Waals surface area (Å²) in [6.07, 6.45) is -4.20. The lowest BCUT2D eigenvalue weighted by molar-refractivity contribution is -0.0663. The third-order valence-corrected chi connectivity index (χ3v) is 2.47. The molecule has 8 heteroatoms. The quantitative estimate of drug-likeness (QED) is 0.416. The topological polar surface area (TPSA) is 128 Å². The zero-order chi connectivity index (χ0) is 11.2. The van der Waals surface area contributed by atoms with Gasteiger partial charge in [0.05, 0.1) is 5.92 Å². The lowest BCUT2D eigenvalue weighted by Crippen LogP contribution is -2.49. The molecule has 0 radical (unpaired) electrons. The SMILES string of the molecule is N[C@]1(OC(=O)O)CO[C@H]2[C@H](OC(=O)O)[C@H]21. The molecular formula is C7H9NO7. The van der Waals surface area contributed by atoms with E-state index >= 15 is 0 Å². The van der Waals surface area contributed by atoms with Crippen molar-refractivity contribution in [1.29, 1.82) is 0 Å².